The molecule has 0 spiro atoms. The van der Waals surface area contributed by atoms with Crippen LogP contribution in [0.15, 0.2) is 48.7 Å². The van der Waals surface area contributed by atoms with Crippen molar-refractivity contribution in [1.82, 2.24) is 20.1 Å². The molecule has 0 saturated heterocycles. The highest BCUT2D eigenvalue weighted by atomic mass is 16.5. The van der Waals surface area contributed by atoms with Gasteiger partial charge in [0.15, 0.2) is 0 Å². The number of benzene rings is 1. The molecule has 1 N–H and O–H groups in total. The predicted molar refractivity (Wildman–Crippen MR) is 92.8 cm³/mol. The fourth-order valence-electron chi connectivity index (χ4n) is 3.17. The first-order valence-corrected chi connectivity index (χ1v) is 8.13. The minimum absolute atomic E-state index is 0.0989. The zero-order valence-electron chi connectivity index (χ0n) is 13.9. The molecule has 3 heterocycles. The standard InChI is InChI=1S/C19H18N4O2/c1-25-19-14(8-5-9-20-19)18-15-10-17(24)23(12-16(15)21-22-18)11-13-6-3-2-4-7-13/h2-9H,10-12H2,1H3,(H,21,22). The Balaban J connectivity index is 1.64. The van der Waals surface area contributed by atoms with Crippen LogP contribution in [0.4, 0.5) is 0 Å². The number of carbonyl (C=O) groups excluding carboxylic acids is 1. The van der Waals surface area contributed by atoms with E-state index >= 15 is 0 Å². The maximum atomic E-state index is 12.6. The van der Waals surface area contributed by atoms with E-state index in [4.69, 9.17) is 4.74 Å². The molecule has 3 aromatic rings. The molecule has 0 bridgehead atoms. The Labute approximate surface area is 145 Å². The average molecular weight is 334 g/mol. The molecule has 1 amide bonds. The molecular weight excluding hydrogens is 316 g/mol. The summed E-state index contributed by atoms with van der Waals surface area (Å²) in [5.41, 5.74) is 4.56. The molecule has 1 aliphatic rings. The van der Waals surface area contributed by atoms with Crippen LogP contribution in [0, 0.1) is 0 Å². The molecule has 0 fully saturated rings. The van der Waals surface area contributed by atoms with Crippen LogP contribution in [0.25, 0.3) is 11.3 Å². The van der Waals surface area contributed by atoms with Crippen molar-refractivity contribution in [2.45, 2.75) is 19.5 Å². The van der Waals surface area contributed by atoms with Gasteiger partial charge in [-0.25, -0.2) is 4.98 Å². The van der Waals surface area contributed by atoms with Gasteiger partial charge in [-0.05, 0) is 17.7 Å². The van der Waals surface area contributed by atoms with Crippen LogP contribution in [0.1, 0.15) is 16.8 Å². The summed E-state index contributed by atoms with van der Waals surface area (Å²) in [7, 11) is 1.58. The van der Waals surface area contributed by atoms with E-state index in [2.05, 4.69) is 15.2 Å². The number of ether oxygens (including phenoxy) is 1. The van der Waals surface area contributed by atoms with E-state index in [1.165, 1.54) is 0 Å². The van der Waals surface area contributed by atoms with Crippen LogP contribution < -0.4 is 4.74 Å². The van der Waals surface area contributed by atoms with Gasteiger partial charge in [0.2, 0.25) is 11.8 Å². The Morgan fingerprint density at radius 2 is 2.04 bits per heavy atom. The summed E-state index contributed by atoms with van der Waals surface area (Å²) in [6.07, 6.45) is 2.00. The predicted octanol–water partition coefficient (Wildman–Crippen LogP) is 2.57. The summed E-state index contributed by atoms with van der Waals surface area (Å²) in [6, 6.07) is 13.7. The average Bonchev–Trinajstić information content (AvgIpc) is 3.05. The van der Waals surface area contributed by atoms with E-state index in [1.54, 1.807) is 13.3 Å². The lowest BCUT2D eigenvalue weighted by Crippen LogP contribution is -2.35. The lowest BCUT2D eigenvalue weighted by molar-refractivity contribution is -0.132. The van der Waals surface area contributed by atoms with E-state index in [-0.39, 0.29) is 5.91 Å². The number of amides is 1. The Morgan fingerprint density at radius 3 is 2.84 bits per heavy atom. The molecule has 0 unspecified atom stereocenters. The number of hydrogen-bond donors (Lipinski definition) is 1. The Morgan fingerprint density at radius 1 is 1.20 bits per heavy atom. The fourth-order valence-corrected chi connectivity index (χ4v) is 3.17. The summed E-state index contributed by atoms with van der Waals surface area (Å²) < 4.78 is 5.33. The number of aromatic amines is 1. The highest BCUT2D eigenvalue weighted by Gasteiger charge is 2.29. The normalized spacial score (nSPS) is 13.6. The van der Waals surface area contributed by atoms with Gasteiger partial charge in [-0.2, -0.15) is 5.10 Å². The van der Waals surface area contributed by atoms with Crippen molar-refractivity contribution in [3.05, 3.63) is 65.5 Å². The zero-order valence-corrected chi connectivity index (χ0v) is 13.9. The SMILES string of the molecule is COc1ncccc1-c1n[nH]c2c1CC(=O)N(Cc1ccccc1)C2. The van der Waals surface area contributed by atoms with Gasteiger partial charge in [0.25, 0.3) is 0 Å². The van der Waals surface area contributed by atoms with Gasteiger partial charge in [0.05, 0.1) is 31.3 Å². The molecule has 0 radical (unpaired) electrons. The number of fused-ring (bicyclic) bond motifs is 1. The van der Waals surface area contributed by atoms with Crippen LogP contribution in [0.3, 0.4) is 0 Å². The molecule has 0 aliphatic carbocycles. The topological polar surface area (TPSA) is 71.1 Å². The van der Waals surface area contributed by atoms with Crippen molar-refractivity contribution >= 4 is 5.91 Å². The lowest BCUT2D eigenvalue weighted by atomic mass is 9.99. The van der Waals surface area contributed by atoms with Gasteiger partial charge in [-0.15, -0.1) is 0 Å². The maximum absolute atomic E-state index is 12.6. The van der Waals surface area contributed by atoms with E-state index in [0.717, 1.165) is 28.1 Å². The van der Waals surface area contributed by atoms with Crippen molar-refractivity contribution in [3.63, 3.8) is 0 Å². The van der Waals surface area contributed by atoms with Gasteiger partial charge >= 0.3 is 0 Å². The summed E-state index contributed by atoms with van der Waals surface area (Å²) in [5, 5.41) is 7.51. The van der Waals surface area contributed by atoms with Crippen molar-refractivity contribution in [2.24, 2.45) is 0 Å². The first kappa shape index (κ1) is 15.4. The summed E-state index contributed by atoms with van der Waals surface area (Å²) in [6.45, 7) is 1.13. The van der Waals surface area contributed by atoms with Gasteiger partial charge in [-0.3, -0.25) is 9.89 Å². The van der Waals surface area contributed by atoms with Gasteiger partial charge in [0, 0.05) is 18.3 Å². The molecule has 2 aromatic heterocycles. The van der Waals surface area contributed by atoms with Crippen LogP contribution >= 0.6 is 0 Å². The molecule has 6 heteroatoms. The van der Waals surface area contributed by atoms with E-state index in [1.807, 2.05) is 47.4 Å². The Bertz CT molecular complexity index is 905. The first-order valence-electron chi connectivity index (χ1n) is 8.13. The van der Waals surface area contributed by atoms with Crippen LogP contribution in [-0.2, 0) is 24.3 Å². The number of rotatable bonds is 4. The fraction of sp³-hybridized carbons (Fsp3) is 0.211. The van der Waals surface area contributed by atoms with E-state index < -0.39 is 0 Å². The Hall–Kier alpha value is -3.15. The highest BCUT2D eigenvalue weighted by Crippen LogP contribution is 2.33. The maximum Gasteiger partial charge on any atom is 0.227 e. The third kappa shape index (κ3) is 2.87. The second kappa shape index (κ2) is 6.39. The number of nitrogens with zero attached hydrogens (tertiary/aromatic N) is 3. The quantitative estimate of drug-likeness (QED) is 0.796. The minimum Gasteiger partial charge on any atom is -0.481 e. The van der Waals surface area contributed by atoms with Crippen molar-refractivity contribution in [3.8, 4) is 17.1 Å². The molecule has 1 aliphatic heterocycles. The number of pyridine rings is 1. The number of carbonyl (C=O) groups is 1. The number of methoxy groups -OCH3 is 1. The second-order valence-electron chi connectivity index (χ2n) is 6.00. The van der Waals surface area contributed by atoms with Gasteiger partial charge in [0.1, 0.15) is 5.69 Å². The number of H-pyrrole nitrogens is 1. The summed E-state index contributed by atoms with van der Waals surface area (Å²) in [5.74, 6) is 0.609. The Kier molecular flexibility index (Phi) is 3.93. The largest absolute Gasteiger partial charge is 0.481 e. The molecule has 6 nitrogen and oxygen atoms in total. The third-order valence-electron chi connectivity index (χ3n) is 4.42. The number of hydrogen-bond acceptors (Lipinski definition) is 4. The van der Waals surface area contributed by atoms with Crippen LogP contribution in [0.2, 0.25) is 0 Å². The minimum atomic E-state index is 0.0989. The first-order chi connectivity index (χ1) is 12.3. The second-order valence-corrected chi connectivity index (χ2v) is 6.00. The number of nitrogens with one attached hydrogen (secondary N) is 1. The molecular formula is C19H18N4O2. The van der Waals surface area contributed by atoms with Gasteiger partial charge < -0.3 is 9.64 Å². The van der Waals surface area contributed by atoms with Crippen molar-refractivity contribution in [2.75, 3.05) is 7.11 Å². The van der Waals surface area contributed by atoms with Crippen LogP contribution in [0.5, 0.6) is 5.88 Å². The smallest absolute Gasteiger partial charge is 0.227 e. The third-order valence-corrected chi connectivity index (χ3v) is 4.42. The molecule has 0 atom stereocenters. The highest BCUT2D eigenvalue weighted by molar-refractivity contribution is 5.84. The van der Waals surface area contributed by atoms with Gasteiger partial charge in [-0.1, -0.05) is 30.3 Å². The molecule has 4 rings (SSSR count). The van der Waals surface area contributed by atoms with Crippen molar-refractivity contribution < 1.29 is 9.53 Å². The lowest BCUT2D eigenvalue weighted by Gasteiger charge is -2.27. The van der Waals surface area contributed by atoms with Crippen molar-refractivity contribution in [1.29, 1.82) is 0 Å². The monoisotopic (exact) mass is 334 g/mol. The van der Waals surface area contributed by atoms with Crippen LogP contribution in [-0.4, -0.2) is 33.1 Å². The van der Waals surface area contributed by atoms with E-state index in [0.29, 0.717) is 25.4 Å². The summed E-state index contributed by atoms with van der Waals surface area (Å²) >= 11 is 0. The van der Waals surface area contributed by atoms with E-state index in [9.17, 15) is 4.79 Å². The number of aromatic nitrogens is 3. The molecule has 126 valence electrons. The molecule has 1 aromatic carbocycles. The summed E-state index contributed by atoms with van der Waals surface area (Å²) in [4.78, 5) is 18.7. The molecule has 0 saturated carbocycles. The molecule has 25 heavy (non-hydrogen) atoms. The zero-order chi connectivity index (χ0) is 17.2.